The van der Waals surface area contributed by atoms with Crippen LogP contribution in [-0.4, -0.2) is 21.5 Å². The number of rotatable bonds is 4. The number of hydrogen-bond acceptors (Lipinski definition) is 2. The Labute approximate surface area is 317 Å². The second-order valence-corrected chi connectivity index (χ2v) is 19.1. The first-order valence-corrected chi connectivity index (χ1v) is 21.3. The maximum atomic E-state index is 2.49. The van der Waals surface area contributed by atoms with Crippen molar-refractivity contribution < 1.29 is 0 Å². The van der Waals surface area contributed by atoms with E-state index >= 15 is 0 Å². The predicted octanol–water partition coefficient (Wildman–Crippen LogP) is 4.66. The van der Waals surface area contributed by atoms with Crippen LogP contribution in [0.25, 0.3) is 0 Å². The van der Waals surface area contributed by atoms with Crippen molar-refractivity contribution in [2.75, 3.05) is 4.90 Å². The van der Waals surface area contributed by atoms with Gasteiger partial charge in [-0.1, -0.05) is 196 Å². The standard InChI is InChI=1S/C48H33B2NSSi/c1-3-18-35(19-4-1)51(36-20-5-2-6-21-36)37-22-15-17-34(33-37)49-39-24-8-12-29-44(39)53(45-30-13-9-25-40(45)49)46-31-14-10-26-41(46)50-38-23-7-11-27-42(38)52-43-28-16-32-47(53)48(43)50/h1-33H. The van der Waals surface area contributed by atoms with Crippen LogP contribution in [-0.2, 0) is 0 Å². The second kappa shape index (κ2) is 12.2. The quantitative estimate of drug-likeness (QED) is 0.246. The van der Waals surface area contributed by atoms with Crippen LogP contribution in [0.2, 0.25) is 0 Å². The molecular formula is C48H33B2NSSi. The van der Waals surface area contributed by atoms with E-state index in [-0.39, 0.29) is 13.4 Å². The van der Waals surface area contributed by atoms with Crippen molar-refractivity contribution in [3.63, 3.8) is 0 Å². The van der Waals surface area contributed by atoms with E-state index in [4.69, 9.17) is 0 Å². The van der Waals surface area contributed by atoms with E-state index in [1.807, 2.05) is 11.8 Å². The van der Waals surface area contributed by atoms with Gasteiger partial charge in [-0.25, -0.2) is 0 Å². The van der Waals surface area contributed by atoms with Gasteiger partial charge in [-0.3, -0.25) is 0 Å². The minimum atomic E-state index is -2.77. The van der Waals surface area contributed by atoms with Gasteiger partial charge in [0, 0.05) is 26.9 Å². The summed E-state index contributed by atoms with van der Waals surface area (Å²) < 4.78 is 0. The maximum absolute atomic E-state index is 2.77. The molecule has 8 aromatic carbocycles. The molecule has 8 aromatic rings. The lowest BCUT2D eigenvalue weighted by atomic mass is 9.36. The van der Waals surface area contributed by atoms with E-state index in [1.54, 1.807) is 5.19 Å². The molecule has 0 aliphatic carbocycles. The Balaban J connectivity index is 1.17. The zero-order valence-electron chi connectivity index (χ0n) is 29.1. The third-order valence-corrected chi connectivity index (χ3v) is 17.9. The number of benzene rings is 8. The van der Waals surface area contributed by atoms with Crippen LogP contribution >= 0.6 is 11.8 Å². The molecule has 0 saturated carbocycles. The zero-order valence-corrected chi connectivity index (χ0v) is 30.9. The topological polar surface area (TPSA) is 3.24 Å². The predicted molar refractivity (Wildman–Crippen MR) is 231 cm³/mol. The summed E-state index contributed by atoms with van der Waals surface area (Å²) in [4.78, 5) is 5.15. The SMILES string of the molecule is c1ccc(N(c2ccccc2)c2cccc(B3c4ccccc4[Si]4(c5ccccc53)c3ccccc3B3c5ccccc5Sc5cccc4c53)c2)cc1. The third kappa shape index (κ3) is 4.48. The van der Waals surface area contributed by atoms with Gasteiger partial charge in [0.2, 0.25) is 13.4 Å². The summed E-state index contributed by atoms with van der Waals surface area (Å²) in [5.41, 5.74) is 12.0. The molecule has 0 amide bonds. The van der Waals surface area contributed by atoms with Crippen LogP contribution < -0.4 is 58.4 Å². The fraction of sp³-hybridized carbons (Fsp3) is 0. The Hall–Kier alpha value is -5.74. The number of para-hydroxylation sites is 2. The van der Waals surface area contributed by atoms with Crippen molar-refractivity contribution in [2.45, 2.75) is 9.79 Å². The van der Waals surface area contributed by atoms with Crippen molar-refractivity contribution in [1.82, 2.24) is 0 Å². The number of nitrogens with zero attached hydrogens (tertiary/aromatic N) is 1. The Morgan fingerprint density at radius 2 is 0.811 bits per heavy atom. The molecule has 0 radical (unpaired) electrons. The molecular weight excluding hydrogens is 672 g/mol. The molecule has 0 atom stereocenters. The van der Waals surface area contributed by atoms with E-state index in [2.05, 4.69) is 205 Å². The van der Waals surface area contributed by atoms with E-state index in [0.29, 0.717) is 0 Å². The van der Waals surface area contributed by atoms with E-state index in [9.17, 15) is 0 Å². The van der Waals surface area contributed by atoms with E-state index < -0.39 is 8.07 Å². The average molecular weight is 706 g/mol. The zero-order chi connectivity index (χ0) is 34.9. The Bertz CT molecular complexity index is 2610. The lowest BCUT2D eigenvalue weighted by molar-refractivity contribution is 1.29. The van der Waals surface area contributed by atoms with E-state index in [0.717, 1.165) is 17.1 Å². The Morgan fingerprint density at radius 3 is 1.43 bits per heavy atom. The maximum Gasteiger partial charge on any atom is 0.243 e. The summed E-state index contributed by atoms with van der Waals surface area (Å²) in [6.45, 7) is 0.317. The third-order valence-electron chi connectivity index (χ3n) is 11.7. The molecule has 3 aliphatic heterocycles. The summed E-state index contributed by atoms with van der Waals surface area (Å²) in [6, 6.07) is 75.4. The van der Waals surface area contributed by atoms with Crippen molar-refractivity contribution in [1.29, 1.82) is 0 Å². The molecule has 53 heavy (non-hydrogen) atoms. The largest absolute Gasteiger partial charge is 0.311 e. The van der Waals surface area contributed by atoms with Gasteiger partial charge in [0.1, 0.15) is 0 Å². The minimum Gasteiger partial charge on any atom is -0.311 e. The molecule has 0 unspecified atom stereocenters. The number of fused-ring (bicyclic) bond motifs is 10. The summed E-state index contributed by atoms with van der Waals surface area (Å²) in [6.07, 6.45) is 0. The Kier molecular flexibility index (Phi) is 7.08. The summed E-state index contributed by atoms with van der Waals surface area (Å²) >= 11 is 1.95. The van der Waals surface area contributed by atoms with Crippen molar-refractivity contribution >= 4 is 104 Å². The molecule has 0 fully saturated rings. The van der Waals surface area contributed by atoms with E-state index in [1.165, 1.54) is 58.1 Å². The Morgan fingerprint density at radius 1 is 0.358 bits per heavy atom. The smallest absolute Gasteiger partial charge is 0.243 e. The molecule has 0 saturated heterocycles. The van der Waals surface area contributed by atoms with Crippen LogP contribution in [0.15, 0.2) is 210 Å². The second-order valence-electron chi connectivity index (χ2n) is 14.3. The lowest BCUT2D eigenvalue weighted by Crippen LogP contribution is -2.93. The lowest BCUT2D eigenvalue weighted by Gasteiger charge is -2.49. The number of anilines is 3. The van der Waals surface area contributed by atoms with Crippen LogP contribution in [0.1, 0.15) is 0 Å². The molecule has 3 aliphatic rings. The van der Waals surface area contributed by atoms with Crippen LogP contribution in [0.3, 0.4) is 0 Å². The molecule has 1 nitrogen and oxygen atoms in total. The highest BCUT2D eigenvalue weighted by molar-refractivity contribution is 8.00. The molecule has 11 rings (SSSR count). The summed E-state index contributed by atoms with van der Waals surface area (Å²) in [5.74, 6) is 0. The average Bonchev–Trinajstić information content (AvgIpc) is 3.23. The molecule has 0 bridgehead atoms. The monoisotopic (exact) mass is 705 g/mol. The highest BCUT2D eigenvalue weighted by atomic mass is 32.2. The van der Waals surface area contributed by atoms with Crippen molar-refractivity contribution in [3.8, 4) is 0 Å². The van der Waals surface area contributed by atoms with Gasteiger partial charge in [-0.2, -0.15) is 0 Å². The van der Waals surface area contributed by atoms with Crippen LogP contribution in [0.4, 0.5) is 17.1 Å². The molecule has 0 aromatic heterocycles. The van der Waals surface area contributed by atoms with Crippen molar-refractivity contribution in [3.05, 3.63) is 200 Å². The molecule has 1 spiro atoms. The summed E-state index contributed by atoms with van der Waals surface area (Å²) in [7, 11) is -2.77. The fourth-order valence-corrected chi connectivity index (χ4v) is 16.8. The highest BCUT2D eigenvalue weighted by Gasteiger charge is 2.56. The molecule has 246 valence electrons. The number of hydrogen-bond donors (Lipinski definition) is 0. The molecule has 0 N–H and O–H groups in total. The van der Waals surface area contributed by atoms with Gasteiger partial charge < -0.3 is 4.90 Å². The van der Waals surface area contributed by atoms with Gasteiger partial charge in [-0.05, 0) is 69.3 Å². The van der Waals surface area contributed by atoms with Gasteiger partial charge in [0.15, 0.2) is 8.07 Å². The molecule has 3 heterocycles. The van der Waals surface area contributed by atoms with Gasteiger partial charge in [0.05, 0.1) is 0 Å². The van der Waals surface area contributed by atoms with Crippen molar-refractivity contribution in [2.24, 2.45) is 0 Å². The van der Waals surface area contributed by atoms with Gasteiger partial charge in [0.25, 0.3) is 0 Å². The molecule has 5 heteroatoms. The minimum absolute atomic E-state index is 0.0911. The normalized spacial score (nSPS) is 14.0. The first-order chi connectivity index (χ1) is 26.3. The van der Waals surface area contributed by atoms with Gasteiger partial charge in [-0.15, -0.1) is 0 Å². The van der Waals surface area contributed by atoms with Crippen LogP contribution in [0, 0.1) is 0 Å². The first kappa shape index (κ1) is 30.8. The first-order valence-electron chi connectivity index (χ1n) is 18.5. The van der Waals surface area contributed by atoms with Gasteiger partial charge >= 0.3 is 0 Å². The highest BCUT2D eigenvalue weighted by Crippen LogP contribution is 2.34. The fourth-order valence-electron chi connectivity index (χ4n) is 9.78. The summed E-state index contributed by atoms with van der Waals surface area (Å²) in [5, 5.41) is 6.11. The van der Waals surface area contributed by atoms with Crippen LogP contribution in [0.5, 0.6) is 0 Å².